The topological polar surface area (TPSA) is 15.3 Å². The molecule has 0 radical (unpaired) electrons. The highest BCUT2D eigenvalue weighted by Crippen LogP contribution is 2.45. The highest BCUT2D eigenvalue weighted by atomic mass is 32.1. The Kier molecular flexibility index (Phi) is 8.20. The molecule has 2 unspecified atom stereocenters. The molecule has 1 aliphatic heterocycles. The summed E-state index contributed by atoms with van der Waals surface area (Å²) in [5.41, 5.74) is 9.19. The maximum atomic E-state index is 4.80. The number of hydrogen-bond acceptors (Lipinski definition) is 3. The normalized spacial score (nSPS) is 15.1. The van der Waals surface area contributed by atoms with Crippen LogP contribution in [-0.2, 0) is 19.4 Å². The molecule has 0 saturated carbocycles. The first-order valence-electron chi connectivity index (χ1n) is 12.1. The molecule has 2 aromatic carbocycles. The Hall–Kier alpha value is -2.65. The van der Waals surface area contributed by atoms with Gasteiger partial charge in [0.25, 0.3) is 0 Å². The van der Waals surface area contributed by atoms with Crippen LogP contribution >= 0.6 is 12.6 Å². The number of thiol groups is 1. The fourth-order valence-electron chi connectivity index (χ4n) is 4.69. The Labute approximate surface area is 212 Å². The van der Waals surface area contributed by atoms with Crippen LogP contribution in [-0.4, -0.2) is 12.3 Å². The Morgan fingerprint density at radius 3 is 2.15 bits per heavy atom. The maximum absolute atomic E-state index is 4.80. The minimum absolute atomic E-state index is 0.0201. The zero-order valence-corrected chi connectivity index (χ0v) is 22.2. The number of para-hydroxylation sites is 1. The van der Waals surface area contributed by atoms with Crippen molar-refractivity contribution in [1.82, 2.24) is 5.32 Å². The molecule has 1 N–H and O–H groups in total. The van der Waals surface area contributed by atoms with Crippen LogP contribution in [0.2, 0.25) is 0 Å². The molecule has 2 atom stereocenters. The lowest BCUT2D eigenvalue weighted by atomic mass is 9.71. The van der Waals surface area contributed by atoms with Crippen molar-refractivity contribution in [3.05, 3.63) is 114 Å². The first-order valence-corrected chi connectivity index (χ1v) is 12.6. The van der Waals surface area contributed by atoms with Crippen molar-refractivity contribution in [3.8, 4) is 0 Å². The lowest BCUT2D eigenvalue weighted by Gasteiger charge is -2.43. The van der Waals surface area contributed by atoms with Crippen molar-refractivity contribution in [2.24, 2.45) is 11.3 Å². The van der Waals surface area contributed by atoms with Gasteiger partial charge in [-0.2, -0.15) is 12.6 Å². The van der Waals surface area contributed by atoms with Gasteiger partial charge in [-0.05, 0) is 52.7 Å². The van der Waals surface area contributed by atoms with Crippen molar-refractivity contribution in [2.75, 3.05) is 11.9 Å². The lowest BCUT2D eigenvalue weighted by molar-refractivity contribution is 0.321. The summed E-state index contributed by atoms with van der Waals surface area (Å²) in [7, 11) is 1.88. The molecular weight excluding hydrogens is 432 g/mol. The number of allylic oxidation sites excluding steroid dienone is 3. The number of benzene rings is 2. The lowest BCUT2D eigenvalue weighted by Crippen LogP contribution is -2.37. The molecule has 0 amide bonds. The SMILES string of the molecule is C=C(CC(S)C(=C)C(=C)C(C)C(C)(C)C(=C)N1Cc2ccccc2CCc2ccccc21)NC. The van der Waals surface area contributed by atoms with Gasteiger partial charge in [-0.25, -0.2) is 0 Å². The summed E-state index contributed by atoms with van der Waals surface area (Å²) in [6.45, 7) is 25.1. The van der Waals surface area contributed by atoms with Gasteiger partial charge in [0, 0.05) is 47.8 Å². The van der Waals surface area contributed by atoms with Crippen LogP contribution in [0, 0.1) is 11.3 Å². The Morgan fingerprint density at radius 2 is 1.50 bits per heavy atom. The van der Waals surface area contributed by atoms with Crippen LogP contribution in [0.15, 0.2) is 97.4 Å². The van der Waals surface area contributed by atoms with Crippen LogP contribution in [0.4, 0.5) is 5.69 Å². The number of rotatable bonds is 9. The molecule has 2 aromatic rings. The Balaban J connectivity index is 1.92. The molecule has 3 rings (SSSR count). The van der Waals surface area contributed by atoms with Gasteiger partial charge in [0.2, 0.25) is 0 Å². The summed E-state index contributed by atoms with van der Waals surface area (Å²) >= 11 is 4.80. The van der Waals surface area contributed by atoms with E-state index in [0.29, 0.717) is 0 Å². The number of nitrogens with one attached hydrogen (secondary N) is 1. The van der Waals surface area contributed by atoms with Crippen molar-refractivity contribution < 1.29 is 0 Å². The second-order valence-corrected chi connectivity index (χ2v) is 10.6. The number of fused-ring (bicyclic) bond motifs is 2. The predicted octanol–water partition coefficient (Wildman–Crippen LogP) is 7.50. The molecule has 1 heterocycles. The third-order valence-corrected chi connectivity index (χ3v) is 8.17. The molecular formula is C31H40N2S. The second-order valence-electron chi connectivity index (χ2n) is 10.00. The largest absolute Gasteiger partial charge is 0.392 e. The van der Waals surface area contributed by atoms with E-state index in [1.54, 1.807) is 0 Å². The van der Waals surface area contributed by atoms with Gasteiger partial charge in [0.05, 0.1) is 0 Å². The number of hydrogen-bond donors (Lipinski definition) is 2. The molecule has 34 heavy (non-hydrogen) atoms. The summed E-state index contributed by atoms with van der Waals surface area (Å²) in [6.07, 6.45) is 2.81. The first kappa shape index (κ1) is 26.0. The summed E-state index contributed by atoms with van der Waals surface area (Å²) < 4.78 is 0. The van der Waals surface area contributed by atoms with Crippen molar-refractivity contribution in [3.63, 3.8) is 0 Å². The van der Waals surface area contributed by atoms with Gasteiger partial charge < -0.3 is 10.2 Å². The van der Waals surface area contributed by atoms with Crippen LogP contribution in [0.5, 0.6) is 0 Å². The average Bonchev–Trinajstić information content (AvgIpc) is 2.83. The molecule has 0 aliphatic carbocycles. The van der Waals surface area contributed by atoms with Crippen molar-refractivity contribution >= 4 is 18.3 Å². The van der Waals surface area contributed by atoms with Gasteiger partial charge in [-0.3, -0.25) is 0 Å². The molecule has 0 aromatic heterocycles. The Morgan fingerprint density at radius 1 is 0.941 bits per heavy atom. The molecule has 0 fully saturated rings. The van der Waals surface area contributed by atoms with Gasteiger partial charge in [0.15, 0.2) is 0 Å². The average molecular weight is 473 g/mol. The summed E-state index contributed by atoms with van der Waals surface area (Å²) in [6, 6.07) is 17.5. The summed E-state index contributed by atoms with van der Waals surface area (Å²) in [5.74, 6) is 0.137. The van der Waals surface area contributed by atoms with E-state index >= 15 is 0 Å². The smallest absolute Gasteiger partial charge is 0.0481 e. The van der Waals surface area contributed by atoms with Gasteiger partial charge in [-0.1, -0.05) is 89.6 Å². The second kappa shape index (κ2) is 10.7. The molecule has 3 heteroatoms. The highest BCUT2D eigenvalue weighted by Gasteiger charge is 2.36. The monoisotopic (exact) mass is 472 g/mol. The standard InChI is InChI=1S/C31H40N2S/c1-21(32-8)19-30(34)23(3)22(2)24(4)31(6,7)25(5)33-20-28-15-10-9-13-26(28)17-18-27-14-11-12-16-29(27)33/h9-16,24,30,32,34H,1-3,5,17-20H2,4,6-8H3. The van der Waals surface area contributed by atoms with E-state index < -0.39 is 0 Å². The minimum Gasteiger partial charge on any atom is -0.392 e. The van der Waals surface area contributed by atoms with Crippen LogP contribution in [0.3, 0.4) is 0 Å². The predicted molar refractivity (Wildman–Crippen MR) is 152 cm³/mol. The first-order chi connectivity index (χ1) is 16.1. The quantitative estimate of drug-likeness (QED) is 0.290. The van der Waals surface area contributed by atoms with E-state index in [4.69, 9.17) is 12.6 Å². The third kappa shape index (κ3) is 5.36. The highest BCUT2D eigenvalue weighted by molar-refractivity contribution is 7.81. The zero-order chi connectivity index (χ0) is 25.0. The fraction of sp³-hybridized carbons (Fsp3) is 0.355. The van der Waals surface area contributed by atoms with E-state index in [1.807, 2.05) is 7.05 Å². The van der Waals surface area contributed by atoms with Crippen LogP contribution in [0.25, 0.3) is 0 Å². The molecule has 0 bridgehead atoms. The van der Waals surface area contributed by atoms with E-state index in [9.17, 15) is 0 Å². The Bertz CT molecular complexity index is 1090. The minimum atomic E-state index is -0.241. The van der Waals surface area contributed by atoms with Crippen molar-refractivity contribution in [2.45, 2.75) is 51.8 Å². The van der Waals surface area contributed by atoms with E-state index in [1.165, 1.54) is 22.4 Å². The molecule has 1 aliphatic rings. The summed E-state index contributed by atoms with van der Waals surface area (Å²) in [5, 5.41) is 3.08. The number of anilines is 1. The van der Waals surface area contributed by atoms with Crippen LogP contribution in [0.1, 0.15) is 43.9 Å². The van der Waals surface area contributed by atoms with Gasteiger partial charge in [-0.15, -0.1) is 0 Å². The number of aryl methyl sites for hydroxylation is 2. The van der Waals surface area contributed by atoms with E-state index in [2.05, 4.69) is 106 Å². The van der Waals surface area contributed by atoms with E-state index in [-0.39, 0.29) is 16.6 Å². The molecule has 180 valence electrons. The maximum Gasteiger partial charge on any atom is 0.0481 e. The van der Waals surface area contributed by atoms with Crippen LogP contribution < -0.4 is 10.2 Å². The molecule has 0 saturated heterocycles. The zero-order valence-electron chi connectivity index (χ0n) is 21.3. The van der Waals surface area contributed by atoms with E-state index in [0.717, 1.165) is 48.3 Å². The molecule has 0 spiro atoms. The summed E-state index contributed by atoms with van der Waals surface area (Å²) in [4.78, 5) is 2.42. The number of nitrogens with zero attached hydrogens (tertiary/aromatic N) is 1. The van der Waals surface area contributed by atoms with Gasteiger partial charge in [0.1, 0.15) is 0 Å². The van der Waals surface area contributed by atoms with Crippen molar-refractivity contribution in [1.29, 1.82) is 0 Å². The third-order valence-electron chi connectivity index (χ3n) is 7.68. The molecule has 2 nitrogen and oxygen atoms in total. The van der Waals surface area contributed by atoms with Gasteiger partial charge >= 0.3 is 0 Å². The fourth-order valence-corrected chi connectivity index (χ4v) is 5.08.